The molecule has 0 spiro atoms. The fourth-order valence-electron chi connectivity index (χ4n) is 4.00. The summed E-state index contributed by atoms with van der Waals surface area (Å²) in [6, 6.07) is 12.9. The van der Waals surface area contributed by atoms with Gasteiger partial charge in [0.1, 0.15) is 23.7 Å². The first-order valence-corrected chi connectivity index (χ1v) is 13.6. The van der Waals surface area contributed by atoms with E-state index in [9.17, 15) is 18.8 Å². The zero-order valence-corrected chi connectivity index (χ0v) is 23.9. The third-order valence-corrected chi connectivity index (χ3v) is 6.43. The summed E-state index contributed by atoms with van der Waals surface area (Å²) in [5.41, 5.74) is 1.18. The predicted octanol–water partition coefficient (Wildman–Crippen LogP) is 6.56. The maximum atomic E-state index is 13.4. The molecule has 1 aliphatic rings. The molecular weight excluding hydrogens is 574 g/mol. The third-order valence-electron chi connectivity index (χ3n) is 5.93. The summed E-state index contributed by atoms with van der Waals surface area (Å²) < 4.78 is 30.5. The molecule has 4 rings (SSSR count). The fraction of sp³-hybridized carbons (Fsp3) is 0.233. The molecule has 0 aliphatic carbocycles. The highest BCUT2D eigenvalue weighted by atomic mass is 35.5. The Labute approximate surface area is 246 Å². The van der Waals surface area contributed by atoms with E-state index in [0.717, 1.165) is 11.3 Å². The van der Waals surface area contributed by atoms with E-state index in [2.05, 4.69) is 5.32 Å². The number of carbonyl (C=O) groups is 3. The van der Waals surface area contributed by atoms with Gasteiger partial charge in [-0.25, -0.2) is 9.18 Å². The largest absolute Gasteiger partial charge is 0.490 e. The summed E-state index contributed by atoms with van der Waals surface area (Å²) in [6.07, 6.45) is 2.08. The standard InChI is InChI=1S/C30H27Cl2FN2O6/c1-3-11-40-25-10-7-19(12-26(25)39-4-2)16-35-29(37)23(28(36)34-30(35)38)14-20-13-21(31)15-24(32)27(20)41-17-18-5-8-22(33)9-6-18/h5-10,12-15H,3-4,11,16-17H2,1-2H3,(H,34,36,38)/b23-14+. The van der Waals surface area contributed by atoms with E-state index in [0.29, 0.717) is 35.8 Å². The van der Waals surface area contributed by atoms with Crippen molar-refractivity contribution in [2.45, 2.75) is 33.4 Å². The van der Waals surface area contributed by atoms with E-state index in [1.54, 1.807) is 30.3 Å². The van der Waals surface area contributed by atoms with Gasteiger partial charge in [-0.3, -0.25) is 19.8 Å². The van der Waals surface area contributed by atoms with Crippen LogP contribution in [-0.2, 0) is 22.7 Å². The summed E-state index contributed by atoms with van der Waals surface area (Å²) in [7, 11) is 0. The lowest BCUT2D eigenvalue weighted by atomic mass is 10.1. The second-order valence-corrected chi connectivity index (χ2v) is 9.84. The number of ether oxygens (including phenoxy) is 3. The summed E-state index contributed by atoms with van der Waals surface area (Å²) in [4.78, 5) is 39.8. The van der Waals surface area contributed by atoms with Gasteiger partial charge in [-0.1, -0.05) is 48.3 Å². The minimum atomic E-state index is -0.879. The Balaban J connectivity index is 1.62. The molecule has 0 saturated carbocycles. The Kier molecular flexibility index (Phi) is 9.86. The van der Waals surface area contributed by atoms with Gasteiger partial charge in [0.25, 0.3) is 11.8 Å². The number of amides is 4. The lowest BCUT2D eigenvalue weighted by Gasteiger charge is -2.27. The molecule has 0 bridgehead atoms. The first-order chi connectivity index (χ1) is 19.7. The van der Waals surface area contributed by atoms with Crippen LogP contribution in [0.3, 0.4) is 0 Å². The van der Waals surface area contributed by atoms with Crippen LogP contribution in [0.2, 0.25) is 10.0 Å². The first kappa shape index (κ1) is 29.9. The Morgan fingerprint density at radius 3 is 2.34 bits per heavy atom. The molecule has 3 aromatic carbocycles. The summed E-state index contributed by atoms with van der Waals surface area (Å²) >= 11 is 12.6. The van der Waals surface area contributed by atoms with Crippen molar-refractivity contribution in [1.29, 1.82) is 0 Å². The number of hydrogen-bond acceptors (Lipinski definition) is 6. The predicted molar refractivity (Wildman–Crippen MR) is 153 cm³/mol. The SMILES string of the molecule is CCCOc1ccc(CN2C(=O)NC(=O)/C(=C\c3cc(Cl)cc(Cl)c3OCc3ccc(F)cc3)C2=O)cc1OCC. The average Bonchev–Trinajstić information content (AvgIpc) is 2.93. The highest BCUT2D eigenvalue weighted by molar-refractivity contribution is 6.36. The zero-order chi connectivity index (χ0) is 29.5. The summed E-state index contributed by atoms with van der Waals surface area (Å²) in [6.45, 7) is 4.62. The number of nitrogens with one attached hydrogen (secondary N) is 1. The molecule has 8 nitrogen and oxygen atoms in total. The molecule has 4 amide bonds. The van der Waals surface area contributed by atoms with Crippen molar-refractivity contribution in [1.82, 2.24) is 10.2 Å². The van der Waals surface area contributed by atoms with E-state index < -0.39 is 17.8 Å². The van der Waals surface area contributed by atoms with Gasteiger partial charge in [0.2, 0.25) is 0 Å². The molecule has 11 heteroatoms. The second kappa shape index (κ2) is 13.5. The van der Waals surface area contributed by atoms with Crippen LogP contribution >= 0.6 is 23.2 Å². The van der Waals surface area contributed by atoms with Crippen molar-refractivity contribution in [2.75, 3.05) is 13.2 Å². The molecule has 1 saturated heterocycles. The normalized spacial score (nSPS) is 14.3. The molecule has 0 aromatic heterocycles. The molecule has 1 N–H and O–H groups in total. The maximum Gasteiger partial charge on any atom is 0.331 e. The molecule has 3 aromatic rings. The molecule has 0 atom stereocenters. The quantitative estimate of drug-likeness (QED) is 0.198. The average molecular weight is 601 g/mol. The monoisotopic (exact) mass is 600 g/mol. The summed E-state index contributed by atoms with van der Waals surface area (Å²) in [5.74, 6) is -0.903. The Hall–Kier alpha value is -4.08. The van der Waals surface area contributed by atoms with Crippen molar-refractivity contribution in [3.8, 4) is 17.2 Å². The molecular formula is C30H27Cl2FN2O6. The highest BCUT2D eigenvalue weighted by Gasteiger charge is 2.36. The smallest absolute Gasteiger partial charge is 0.331 e. The van der Waals surface area contributed by atoms with Gasteiger partial charge < -0.3 is 14.2 Å². The van der Waals surface area contributed by atoms with E-state index >= 15 is 0 Å². The number of urea groups is 1. The lowest BCUT2D eigenvalue weighted by molar-refractivity contribution is -0.130. The van der Waals surface area contributed by atoms with Gasteiger partial charge in [-0.05, 0) is 66.9 Å². The fourth-order valence-corrected chi connectivity index (χ4v) is 4.57. The second-order valence-electron chi connectivity index (χ2n) is 8.99. The number of carbonyl (C=O) groups excluding carboxylic acids is 3. The van der Waals surface area contributed by atoms with Gasteiger partial charge >= 0.3 is 6.03 Å². The Morgan fingerprint density at radius 1 is 0.902 bits per heavy atom. The Bertz CT molecular complexity index is 1490. The minimum Gasteiger partial charge on any atom is -0.490 e. The zero-order valence-electron chi connectivity index (χ0n) is 22.3. The van der Waals surface area contributed by atoms with E-state index in [1.807, 2.05) is 13.8 Å². The highest BCUT2D eigenvalue weighted by Crippen LogP contribution is 2.35. The molecule has 214 valence electrons. The van der Waals surface area contributed by atoms with Gasteiger partial charge in [-0.15, -0.1) is 0 Å². The van der Waals surface area contributed by atoms with Gasteiger partial charge in [-0.2, -0.15) is 0 Å². The topological polar surface area (TPSA) is 94.2 Å². The van der Waals surface area contributed by atoms with E-state index in [4.69, 9.17) is 37.4 Å². The van der Waals surface area contributed by atoms with Crippen LogP contribution in [0.4, 0.5) is 9.18 Å². The number of rotatable bonds is 11. The molecule has 41 heavy (non-hydrogen) atoms. The van der Waals surface area contributed by atoms with Crippen molar-refractivity contribution in [3.63, 3.8) is 0 Å². The number of benzene rings is 3. The van der Waals surface area contributed by atoms with Crippen LogP contribution in [-0.4, -0.2) is 36.0 Å². The number of barbiturate groups is 1. The van der Waals surface area contributed by atoms with Crippen LogP contribution < -0.4 is 19.5 Å². The summed E-state index contributed by atoms with van der Waals surface area (Å²) in [5, 5.41) is 2.58. The van der Waals surface area contributed by atoms with Crippen molar-refractivity contribution in [3.05, 3.63) is 92.7 Å². The number of nitrogens with zero attached hydrogens (tertiary/aromatic N) is 1. The van der Waals surface area contributed by atoms with Gasteiger partial charge in [0.05, 0.1) is 24.8 Å². The number of imide groups is 2. The molecule has 1 fully saturated rings. The first-order valence-electron chi connectivity index (χ1n) is 12.8. The van der Waals surface area contributed by atoms with Crippen LogP contribution in [0, 0.1) is 5.82 Å². The lowest BCUT2D eigenvalue weighted by Crippen LogP contribution is -2.53. The van der Waals surface area contributed by atoms with Crippen molar-refractivity contribution >= 4 is 47.1 Å². The van der Waals surface area contributed by atoms with Gasteiger partial charge in [0.15, 0.2) is 11.5 Å². The Morgan fingerprint density at radius 2 is 1.63 bits per heavy atom. The maximum absolute atomic E-state index is 13.4. The van der Waals surface area contributed by atoms with E-state index in [1.165, 1.54) is 30.3 Å². The van der Waals surface area contributed by atoms with Crippen molar-refractivity contribution in [2.24, 2.45) is 0 Å². The van der Waals surface area contributed by atoms with Crippen molar-refractivity contribution < 1.29 is 33.0 Å². The third kappa shape index (κ3) is 7.36. The molecule has 0 radical (unpaired) electrons. The number of halogens is 3. The van der Waals surface area contributed by atoms with Crippen LogP contribution in [0.15, 0.2) is 60.2 Å². The van der Waals surface area contributed by atoms with Gasteiger partial charge in [0, 0.05) is 10.6 Å². The molecule has 1 aliphatic heterocycles. The van der Waals surface area contributed by atoms with Crippen LogP contribution in [0.25, 0.3) is 6.08 Å². The minimum absolute atomic E-state index is 0.0304. The molecule has 0 unspecified atom stereocenters. The van der Waals surface area contributed by atoms with E-state index in [-0.39, 0.29) is 45.9 Å². The van der Waals surface area contributed by atoms with Crippen LogP contribution in [0.5, 0.6) is 17.2 Å². The number of hydrogen-bond donors (Lipinski definition) is 1. The van der Waals surface area contributed by atoms with Crippen LogP contribution in [0.1, 0.15) is 37.0 Å². The molecule has 1 heterocycles.